The SMILES string of the molecule is O=C1NCc2c1c1c3ccccc3n3c1c1c2c2ccccc2n1CC(COC(=O)N1CCN(O)CC1)C3. The summed E-state index contributed by atoms with van der Waals surface area (Å²) in [7, 11) is 0. The van der Waals surface area contributed by atoms with Gasteiger partial charge in [0.2, 0.25) is 0 Å². The highest BCUT2D eigenvalue weighted by Crippen LogP contribution is 2.46. The van der Waals surface area contributed by atoms with Gasteiger partial charge in [0, 0.05) is 84.3 Å². The number of carbonyl (C=O) groups is 2. The van der Waals surface area contributed by atoms with Crippen molar-refractivity contribution in [2.24, 2.45) is 5.92 Å². The lowest BCUT2D eigenvalue weighted by Crippen LogP contribution is -2.47. The van der Waals surface area contributed by atoms with E-state index in [0.717, 1.165) is 54.7 Å². The first-order chi connectivity index (χ1) is 18.6. The number of nitrogens with zero attached hydrogens (tertiary/aromatic N) is 4. The van der Waals surface area contributed by atoms with Crippen LogP contribution in [-0.4, -0.2) is 69.1 Å². The summed E-state index contributed by atoms with van der Waals surface area (Å²) in [5.74, 6) is 0.0199. The van der Waals surface area contributed by atoms with E-state index < -0.39 is 0 Å². The van der Waals surface area contributed by atoms with E-state index >= 15 is 0 Å². The van der Waals surface area contributed by atoms with E-state index in [4.69, 9.17) is 4.74 Å². The second-order valence-corrected chi connectivity index (χ2v) is 10.6. The number of aromatic nitrogens is 2. The van der Waals surface area contributed by atoms with Gasteiger partial charge in [-0.1, -0.05) is 36.4 Å². The molecule has 3 aliphatic heterocycles. The second kappa shape index (κ2) is 7.96. The Bertz CT molecular complexity index is 1810. The lowest BCUT2D eigenvalue weighted by atomic mass is 9.97. The number of nitrogens with one attached hydrogen (secondary N) is 1. The average molecular weight is 510 g/mol. The zero-order valence-corrected chi connectivity index (χ0v) is 20.8. The van der Waals surface area contributed by atoms with Gasteiger partial charge in [-0.25, -0.2) is 4.79 Å². The summed E-state index contributed by atoms with van der Waals surface area (Å²) in [6.07, 6.45) is -0.333. The van der Waals surface area contributed by atoms with Gasteiger partial charge in [-0.15, -0.1) is 0 Å². The maximum Gasteiger partial charge on any atom is 0.409 e. The fourth-order valence-corrected chi connectivity index (χ4v) is 6.84. The van der Waals surface area contributed by atoms with E-state index in [1.807, 2.05) is 12.1 Å². The van der Waals surface area contributed by atoms with Gasteiger partial charge >= 0.3 is 6.09 Å². The number of hydrogen-bond acceptors (Lipinski definition) is 5. The number of amides is 2. The Morgan fingerprint density at radius 1 is 0.895 bits per heavy atom. The minimum atomic E-state index is -0.333. The van der Waals surface area contributed by atoms with Crippen LogP contribution in [0.1, 0.15) is 15.9 Å². The molecule has 2 amide bonds. The largest absolute Gasteiger partial charge is 0.449 e. The first-order valence-electron chi connectivity index (χ1n) is 13.2. The maximum atomic E-state index is 13.2. The van der Waals surface area contributed by atoms with Gasteiger partial charge in [0.25, 0.3) is 5.91 Å². The molecule has 0 saturated carbocycles. The molecule has 9 nitrogen and oxygen atoms in total. The van der Waals surface area contributed by atoms with Crippen molar-refractivity contribution in [1.29, 1.82) is 0 Å². The number of para-hydroxylation sites is 2. The van der Waals surface area contributed by atoms with E-state index in [2.05, 4.69) is 50.8 Å². The van der Waals surface area contributed by atoms with E-state index in [0.29, 0.717) is 45.8 Å². The Kier molecular flexibility index (Phi) is 4.60. The second-order valence-electron chi connectivity index (χ2n) is 10.6. The number of hydroxylamine groups is 2. The summed E-state index contributed by atoms with van der Waals surface area (Å²) in [6.45, 7) is 3.93. The van der Waals surface area contributed by atoms with Crippen LogP contribution in [0.2, 0.25) is 0 Å². The normalized spacial score (nSPS) is 19.6. The van der Waals surface area contributed by atoms with Crippen LogP contribution in [0.4, 0.5) is 4.79 Å². The van der Waals surface area contributed by atoms with E-state index in [1.54, 1.807) is 4.90 Å². The molecule has 5 heterocycles. The summed E-state index contributed by atoms with van der Waals surface area (Å²) in [6, 6.07) is 16.7. The van der Waals surface area contributed by atoms with E-state index in [1.165, 1.54) is 5.06 Å². The number of ether oxygens (including phenoxy) is 1. The molecule has 3 aromatic carbocycles. The number of fused-ring (bicyclic) bond motifs is 9. The molecule has 0 aliphatic carbocycles. The molecule has 38 heavy (non-hydrogen) atoms. The van der Waals surface area contributed by atoms with Gasteiger partial charge in [-0.3, -0.25) is 4.79 Å². The first-order valence-corrected chi connectivity index (χ1v) is 13.2. The van der Waals surface area contributed by atoms with Crippen molar-refractivity contribution in [3.63, 3.8) is 0 Å². The zero-order chi connectivity index (χ0) is 25.5. The van der Waals surface area contributed by atoms with Gasteiger partial charge in [0.05, 0.1) is 23.2 Å². The summed E-state index contributed by atoms with van der Waals surface area (Å²) in [4.78, 5) is 27.8. The predicted molar refractivity (Wildman–Crippen MR) is 143 cm³/mol. The van der Waals surface area contributed by atoms with Crippen molar-refractivity contribution in [1.82, 2.24) is 24.4 Å². The molecule has 1 atom stereocenters. The quantitative estimate of drug-likeness (QED) is 0.376. The molecule has 0 spiro atoms. The number of benzene rings is 3. The Morgan fingerprint density at radius 2 is 1.50 bits per heavy atom. The van der Waals surface area contributed by atoms with Gasteiger partial charge in [0.15, 0.2) is 0 Å². The summed E-state index contributed by atoms with van der Waals surface area (Å²) in [5, 5.41) is 18.3. The highest BCUT2D eigenvalue weighted by atomic mass is 16.6. The van der Waals surface area contributed by atoms with Gasteiger partial charge in [-0.2, -0.15) is 5.06 Å². The Balaban J connectivity index is 1.32. The lowest BCUT2D eigenvalue weighted by molar-refractivity contribution is -0.114. The molecule has 1 fully saturated rings. The third kappa shape index (κ3) is 2.94. The van der Waals surface area contributed by atoms with Crippen LogP contribution in [-0.2, 0) is 24.4 Å². The Labute approximate surface area is 217 Å². The van der Waals surface area contributed by atoms with Crippen LogP contribution >= 0.6 is 0 Å². The molecule has 2 aromatic heterocycles. The van der Waals surface area contributed by atoms with Crippen LogP contribution in [0.15, 0.2) is 48.5 Å². The third-order valence-electron chi connectivity index (χ3n) is 8.51. The number of piperazine rings is 1. The topological polar surface area (TPSA) is 92.0 Å². The molecule has 0 bridgehead atoms. The monoisotopic (exact) mass is 509 g/mol. The van der Waals surface area contributed by atoms with Crippen LogP contribution in [0.25, 0.3) is 43.6 Å². The van der Waals surface area contributed by atoms with Crippen molar-refractivity contribution in [3.8, 4) is 0 Å². The molecule has 2 N–H and O–H groups in total. The Morgan fingerprint density at radius 3 is 2.18 bits per heavy atom. The highest BCUT2D eigenvalue weighted by Gasteiger charge is 2.34. The molecule has 192 valence electrons. The van der Waals surface area contributed by atoms with Crippen LogP contribution < -0.4 is 5.32 Å². The summed E-state index contributed by atoms with van der Waals surface area (Å²) >= 11 is 0. The highest BCUT2D eigenvalue weighted by molar-refractivity contribution is 6.30. The standard InChI is InChI=1S/C29H27N5O4/c35-28-25-20(13-30-28)23-18-5-1-3-7-21(18)33-14-17(16-38-29(36)31-9-11-32(37)12-10-31)15-34-22-8-4-2-6-19(22)24(25)27(34)26(23)33/h1-8,17,37H,9-16H2,(H,30,35). The molecule has 8 rings (SSSR count). The third-order valence-corrected chi connectivity index (χ3v) is 8.51. The Hall–Kier alpha value is -4.08. The van der Waals surface area contributed by atoms with Gasteiger partial charge < -0.3 is 29.3 Å². The van der Waals surface area contributed by atoms with Crippen molar-refractivity contribution >= 4 is 55.6 Å². The van der Waals surface area contributed by atoms with E-state index in [-0.39, 0.29) is 24.5 Å². The average Bonchev–Trinajstić information content (AvgIpc) is 3.54. The van der Waals surface area contributed by atoms with Crippen molar-refractivity contribution in [3.05, 3.63) is 59.7 Å². The molecule has 5 aromatic rings. The minimum Gasteiger partial charge on any atom is -0.449 e. The fourth-order valence-electron chi connectivity index (χ4n) is 6.84. The zero-order valence-electron chi connectivity index (χ0n) is 20.8. The smallest absolute Gasteiger partial charge is 0.409 e. The maximum absolute atomic E-state index is 13.2. The van der Waals surface area contributed by atoms with Gasteiger partial charge in [0.1, 0.15) is 0 Å². The molecular weight excluding hydrogens is 482 g/mol. The van der Waals surface area contributed by atoms with Crippen LogP contribution in [0.5, 0.6) is 0 Å². The molecule has 0 radical (unpaired) electrons. The van der Waals surface area contributed by atoms with Crippen molar-refractivity contribution < 1.29 is 19.5 Å². The minimum absolute atomic E-state index is 0.0145. The summed E-state index contributed by atoms with van der Waals surface area (Å²) in [5.41, 5.74) is 6.32. The van der Waals surface area contributed by atoms with E-state index in [9.17, 15) is 14.8 Å². The number of rotatable bonds is 2. The van der Waals surface area contributed by atoms with Crippen LogP contribution in [0, 0.1) is 5.92 Å². The van der Waals surface area contributed by atoms with Crippen LogP contribution in [0.3, 0.4) is 0 Å². The molecular formula is C29H27N5O4. The van der Waals surface area contributed by atoms with Gasteiger partial charge in [-0.05, 0) is 17.7 Å². The first kappa shape index (κ1) is 22.0. The molecule has 1 unspecified atom stereocenters. The fraction of sp³-hybridized carbons (Fsp3) is 0.310. The number of carbonyl (C=O) groups excluding carboxylic acids is 2. The van der Waals surface area contributed by atoms with Crippen molar-refractivity contribution in [2.75, 3.05) is 32.8 Å². The number of hydrogen-bond donors (Lipinski definition) is 2. The summed E-state index contributed by atoms with van der Waals surface area (Å²) < 4.78 is 10.6. The predicted octanol–water partition coefficient (Wildman–Crippen LogP) is 3.92. The molecule has 3 aliphatic rings. The molecule has 1 saturated heterocycles. The van der Waals surface area contributed by atoms with Crippen molar-refractivity contribution in [2.45, 2.75) is 19.6 Å². The lowest BCUT2D eigenvalue weighted by Gasteiger charge is -2.30. The molecule has 9 heteroatoms.